The van der Waals surface area contributed by atoms with Crippen LogP contribution in [0.3, 0.4) is 0 Å². The summed E-state index contributed by atoms with van der Waals surface area (Å²) >= 11 is 6.37. The fraction of sp³-hybridized carbons (Fsp3) is 0.500. The van der Waals surface area contributed by atoms with Gasteiger partial charge in [-0.15, -0.1) is 0 Å². The Hall–Kier alpha value is -0.210. The van der Waals surface area contributed by atoms with Crippen molar-refractivity contribution in [3.05, 3.63) is 10.7 Å². The molecule has 1 atom stereocenters. The predicted octanol–water partition coefficient (Wildman–Crippen LogP) is 0.456. The summed E-state index contributed by atoms with van der Waals surface area (Å²) in [6.07, 6.45) is 1.18. The number of hydrogen-bond acceptors (Lipinski definition) is 5. The molecule has 1 heterocycles. The number of nitrogens with one attached hydrogen (secondary N) is 1. The van der Waals surface area contributed by atoms with Crippen molar-refractivity contribution in [2.24, 2.45) is 0 Å². The second kappa shape index (κ2) is 4.54. The highest BCUT2D eigenvalue weighted by atomic mass is 35.5. The van der Waals surface area contributed by atoms with Crippen molar-refractivity contribution in [3.8, 4) is 0 Å². The topological polar surface area (TPSA) is 79.3 Å². The van der Waals surface area contributed by atoms with Gasteiger partial charge in [0.05, 0.1) is 12.8 Å². The average Bonchev–Trinajstić information content (AvgIpc) is 2.51. The van der Waals surface area contributed by atoms with E-state index in [9.17, 15) is 8.42 Å². The van der Waals surface area contributed by atoms with E-state index in [0.29, 0.717) is 0 Å². The van der Waals surface area contributed by atoms with Crippen molar-refractivity contribution in [3.63, 3.8) is 0 Å². The maximum Gasteiger partial charge on any atom is 0.252 e. The third-order valence-electron chi connectivity index (χ3n) is 1.35. The van der Waals surface area contributed by atoms with E-state index in [1.807, 2.05) is 0 Å². The second-order valence-electron chi connectivity index (χ2n) is 2.64. The van der Waals surface area contributed by atoms with Gasteiger partial charge in [0.15, 0.2) is 8.68 Å². The summed E-state index contributed by atoms with van der Waals surface area (Å²) in [4.78, 5) is 3.62. The Morgan fingerprint density at radius 3 is 2.86 bits per heavy atom. The summed E-state index contributed by atoms with van der Waals surface area (Å²) in [5.41, 5.74) is 0. The van der Waals surface area contributed by atoms with E-state index in [0.717, 1.165) is 11.3 Å². The third kappa shape index (κ3) is 2.89. The first-order valence-corrected chi connectivity index (χ1v) is 6.38. The first kappa shape index (κ1) is 11.9. The van der Waals surface area contributed by atoms with Crippen LogP contribution in [0.2, 0.25) is 4.47 Å². The fourth-order valence-corrected chi connectivity index (χ4v) is 3.27. The summed E-state index contributed by atoms with van der Waals surface area (Å²) in [7, 11) is -3.59. The molecule has 0 aliphatic heterocycles. The highest BCUT2D eigenvalue weighted by Gasteiger charge is 2.19. The van der Waals surface area contributed by atoms with Crippen molar-refractivity contribution in [2.45, 2.75) is 17.2 Å². The van der Waals surface area contributed by atoms with Gasteiger partial charge in [0, 0.05) is 6.04 Å². The van der Waals surface area contributed by atoms with Crippen LogP contribution in [0, 0.1) is 0 Å². The molecule has 1 unspecified atom stereocenters. The number of aromatic nitrogens is 1. The first-order valence-electron chi connectivity index (χ1n) is 3.70. The van der Waals surface area contributed by atoms with Gasteiger partial charge in [-0.3, -0.25) is 0 Å². The molecule has 2 N–H and O–H groups in total. The van der Waals surface area contributed by atoms with Crippen LogP contribution < -0.4 is 4.72 Å². The summed E-state index contributed by atoms with van der Waals surface area (Å²) < 4.78 is 25.5. The highest BCUT2D eigenvalue weighted by molar-refractivity contribution is 7.91. The van der Waals surface area contributed by atoms with Crippen molar-refractivity contribution in [1.29, 1.82) is 0 Å². The molecule has 80 valence electrons. The molecule has 5 nitrogen and oxygen atoms in total. The molecule has 0 fully saturated rings. The molecule has 0 aliphatic carbocycles. The maximum absolute atomic E-state index is 11.5. The van der Waals surface area contributed by atoms with Crippen LogP contribution in [0.5, 0.6) is 0 Å². The zero-order chi connectivity index (χ0) is 10.8. The van der Waals surface area contributed by atoms with Crippen molar-refractivity contribution >= 4 is 33.0 Å². The summed E-state index contributed by atoms with van der Waals surface area (Å²) in [5, 5.41) is 8.68. The number of halogens is 1. The normalized spacial score (nSPS) is 14.2. The number of aliphatic hydroxyl groups is 1. The minimum atomic E-state index is -3.59. The minimum absolute atomic E-state index is 0.0443. The summed E-state index contributed by atoms with van der Waals surface area (Å²) in [6.45, 7) is 1.30. The lowest BCUT2D eigenvalue weighted by Crippen LogP contribution is -2.34. The van der Waals surface area contributed by atoms with Gasteiger partial charge in [0.1, 0.15) is 0 Å². The van der Waals surface area contributed by atoms with Gasteiger partial charge in [-0.05, 0) is 6.92 Å². The monoisotopic (exact) mass is 256 g/mol. The summed E-state index contributed by atoms with van der Waals surface area (Å²) in [5.74, 6) is 0. The molecule has 0 aromatic carbocycles. The Morgan fingerprint density at radius 1 is 1.79 bits per heavy atom. The average molecular weight is 257 g/mol. The van der Waals surface area contributed by atoms with Gasteiger partial charge >= 0.3 is 0 Å². The molecule has 1 rings (SSSR count). The lowest BCUT2D eigenvalue weighted by molar-refractivity contribution is 0.265. The van der Waals surface area contributed by atoms with Crippen LogP contribution in [-0.2, 0) is 10.0 Å². The fourth-order valence-electron chi connectivity index (χ4n) is 0.724. The molecular formula is C6H9ClN2O3S2. The van der Waals surface area contributed by atoms with Crippen molar-refractivity contribution in [2.75, 3.05) is 6.61 Å². The number of hydrogen-bond donors (Lipinski definition) is 2. The Kier molecular flexibility index (Phi) is 3.85. The van der Waals surface area contributed by atoms with Gasteiger partial charge < -0.3 is 5.11 Å². The number of sulfonamides is 1. The van der Waals surface area contributed by atoms with Gasteiger partial charge in [-0.2, -0.15) is 0 Å². The number of rotatable bonds is 4. The molecule has 1 aromatic heterocycles. The van der Waals surface area contributed by atoms with Gasteiger partial charge in [-0.25, -0.2) is 18.1 Å². The van der Waals surface area contributed by atoms with Crippen LogP contribution in [-0.4, -0.2) is 31.2 Å². The van der Waals surface area contributed by atoms with Crippen LogP contribution in [0.15, 0.2) is 10.4 Å². The van der Waals surface area contributed by atoms with E-state index in [1.54, 1.807) is 6.92 Å². The second-order valence-corrected chi connectivity index (χ2v) is 6.19. The minimum Gasteiger partial charge on any atom is -0.395 e. The molecule has 1 aromatic rings. The van der Waals surface area contributed by atoms with Gasteiger partial charge in [-0.1, -0.05) is 22.9 Å². The molecule has 0 radical (unpaired) electrons. The van der Waals surface area contributed by atoms with Gasteiger partial charge in [0.2, 0.25) is 0 Å². The van der Waals surface area contributed by atoms with E-state index in [2.05, 4.69) is 9.71 Å². The molecule has 0 saturated carbocycles. The van der Waals surface area contributed by atoms with Gasteiger partial charge in [0.25, 0.3) is 10.0 Å². The molecule has 0 saturated heterocycles. The maximum atomic E-state index is 11.5. The molecular weight excluding hydrogens is 248 g/mol. The lowest BCUT2D eigenvalue weighted by Gasteiger charge is -2.08. The predicted molar refractivity (Wildman–Crippen MR) is 54.0 cm³/mol. The molecule has 0 bridgehead atoms. The number of aliphatic hydroxyl groups excluding tert-OH is 1. The molecule has 0 amide bonds. The highest BCUT2D eigenvalue weighted by Crippen LogP contribution is 2.22. The number of thiazole rings is 1. The zero-order valence-electron chi connectivity index (χ0n) is 7.27. The third-order valence-corrected chi connectivity index (χ3v) is 4.52. The van der Waals surface area contributed by atoms with Crippen molar-refractivity contribution in [1.82, 2.24) is 9.71 Å². The largest absolute Gasteiger partial charge is 0.395 e. The van der Waals surface area contributed by atoms with Crippen LogP contribution in [0.1, 0.15) is 6.92 Å². The lowest BCUT2D eigenvalue weighted by atomic mass is 10.4. The molecule has 14 heavy (non-hydrogen) atoms. The van der Waals surface area contributed by atoms with Crippen molar-refractivity contribution < 1.29 is 13.5 Å². The molecule has 8 heteroatoms. The van der Waals surface area contributed by atoms with E-state index in [4.69, 9.17) is 16.7 Å². The summed E-state index contributed by atoms with van der Waals surface area (Å²) in [6, 6.07) is -0.527. The van der Waals surface area contributed by atoms with E-state index >= 15 is 0 Å². The number of nitrogens with zero attached hydrogens (tertiary/aromatic N) is 1. The SMILES string of the molecule is CC(CO)NS(=O)(=O)c1cnc(Cl)s1. The van der Waals surface area contributed by atoms with Crippen LogP contribution in [0.4, 0.5) is 0 Å². The Bertz CT molecular complexity index is 403. The standard InChI is InChI=1S/C6H9ClN2O3S2/c1-4(3-10)9-14(11,12)5-2-8-6(7)13-5/h2,4,9-10H,3H2,1H3. The van der Waals surface area contributed by atoms with E-state index in [1.165, 1.54) is 6.20 Å². The Labute approximate surface area is 90.8 Å². The van der Waals surface area contributed by atoms with E-state index in [-0.39, 0.29) is 15.3 Å². The Balaban J connectivity index is 2.86. The molecule has 0 spiro atoms. The Morgan fingerprint density at radius 2 is 2.43 bits per heavy atom. The smallest absolute Gasteiger partial charge is 0.252 e. The van der Waals surface area contributed by atoms with Crippen LogP contribution in [0.25, 0.3) is 0 Å². The molecule has 0 aliphatic rings. The van der Waals surface area contributed by atoms with E-state index < -0.39 is 16.1 Å². The zero-order valence-corrected chi connectivity index (χ0v) is 9.66. The first-order chi connectivity index (χ1) is 6.45. The quantitative estimate of drug-likeness (QED) is 0.820. The van der Waals surface area contributed by atoms with Crippen LogP contribution >= 0.6 is 22.9 Å².